The van der Waals surface area contributed by atoms with E-state index in [2.05, 4.69) is 15.6 Å². The van der Waals surface area contributed by atoms with E-state index in [4.69, 9.17) is 21.2 Å². The minimum atomic E-state index is -0.874. The van der Waals surface area contributed by atoms with Crippen molar-refractivity contribution in [3.05, 3.63) is 53.1 Å². The Labute approximate surface area is 153 Å². The van der Waals surface area contributed by atoms with E-state index >= 15 is 0 Å². The van der Waals surface area contributed by atoms with Gasteiger partial charge in [0, 0.05) is 10.7 Å². The maximum absolute atomic E-state index is 12.3. The Morgan fingerprint density at radius 1 is 1.23 bits per heavy atom. The number of nitrogens with one attached hydrogen (secondary N) is 1. The summed E-state index contributed by atoms with van der Waals surface area (Å²) in [5.41, 5.74) is 1.83. The summed E-state index contributed by atoms with van der Waals surface area (Å²) in [6.07, 6.45) is -0.874. The van der Waals surface area contributed by atoms with E-state index in [9.17, 15) is 9.59 Å². The molecule has 0 spiro atoms. The lowest BCUT2D eigenvalue weighted by molar-refractivity contribution is -0.127. The second kappa shape index (κ2) is 7.40. The molecule has 1 heterocycles. The molecule has 0 saturated carbocycles. The summed E-state index contributed by atoms with van der Waals surface area (Å²) in [4.78, 5) is 30.6. The first-order valence-electron chi connectivity index (χ1n) is 7.65. The van der Waals surface area contributed by atoms with Gasteiger partial charge >= 0.3 is 5.97 Å². The highest BCUT2D eigenvalue weighted by Crippen LogP contribution is 2.16. The van der Waals surface area contributed by atoms with Crippen molar-refractivity contribution < 1.29 is 19.2 Å². The van der Waals surface area contributed by atoms with Gasteiger partial charge in [0.05, 0.1) is 12.7 Å². The average molecular weight is 375 g/mol. The van der Waals surface area contributed by atoms with Crippen LogP contribution in [0, 0.1) is 0 Å². The molecule has 1 aromatic heterocycles. The lowest BCUT2D eigenvalue weighted by atomic mass is 10.2. The maximum atomic E-state index is 12.3. The van der Waals surface area contributed by atoms with Gasteiger partial charge in [-0.15, -0.1) is 5.10 Å². The van der Waals surface area contributed by atoms with Crippen molar-refractivity contribution in [3.8, 4) is 0 Å². The van der Waals surface area contributed by atoms with Gasteiger partial charge in [0.25, 0.3) is 5.91 Å². The molecule has 1 N–H and O–H groups in total. The predicted molar refractivity (Wildman–Crippen MR) is 95.0 cm³/mol. The van der Waals surface area contributed by atoms with Crippen LogP contribution in [0.25, 0.3) is 11.0 Å². The zero-order valence-corrected chi connectivity index (χ0v) is 14.7. The molecule has 3 rings (SSSR count). The van der Waals surface area contributed by atoms with Crippen molar-refractivity contribution >= 4 is 40.2 Å². The number of benzene rings is 2. The molecule has 0 radical (unpaired) electrons. The Bertz CT molecular complexity index is 972. The summed E-state index contributed by atoms with van der Waals surface area (Å²) >= 11 is 5.90. The van der Waals surface area contributed by atoms with Crippen LogP contribution in [0.5, 0.6) is 0 Å². The highest BCUT2D eigenvalue weighted by Gasteiger charge is 2.18. The van der Waals surface area contributed by atoms with Gasteiger partial charge in [0.1, 0.15) is 11.0 Å². The molecule has 0 aliphatic carbocycles. The quantitative estimate of drug-likeness (QED) is 0.688. The number of ether oxygens (including phenoxy) is 1. The van der Waals surface area contributed by atoms with Crippen LogP contribution in [0.15, 0.2) is 42.5 Å². The largest absolute Gasteiger partial charge is 0.465 e. The van der Waals surface area contributed by atoms with Crippen molar-refractivity contribution in [1.29, 1.82) is 0 Å². The molecule has 0 aliphatic heterocycles. The molecule has 9 heteroatoms. The summed E-state index contributed by atoms with van der Waals surface area (Å²) in [6.45, 7) is 1.57. The zero-order valence-electron chi connectivity index (χ0n) is 14.0. The summed E-state index contributed by atoms with van der Waals surface area (Å²) in [5.74, 6) is -0.883. The molecule has 26 heavy (non-hydrogen) atoms. The van der Waals surface area contributed by atoms with Crippen LogP contribution >= 0.6 is 11.6 Å². The Morgan fingerprint density at radius 2 is 2.04 bits per heavy atom. The van der Waals surface area contributed by atoms with Gasteiger partial charge in [-0.25, -0.2) is 4.79 Å². The van der Waals surface area contributed by atoms with Gasteiger partial charge in [0.15, 0.2) is 0 Å². The summed E-state index contributed by atoms with van der Waals surface area (Å²) in [6, 6.07) is 11.5. The number of carbonyl (C=O) groups excluding carboxylic acids is 2. The third-order valence-corrected chi connectivity index (χ3v) is 3.79. The molecular weight excluding hydrogens is 360 g/mol. The molecule has 8 nitrogen and oxygen atoms in total. The molecule has 0 aliphatic rings. The molecule has 1 amide bonds. The third kappa shape index (κ3) is 3.75. The molecule has 0 unspecified atom stereocenters. The second-order valence-corrected chi connectivity index (χ2v) is 5.84. The first kappa shape index (κ1) is 17.7. The molecule has 0 bridgehead atoms. The van der Waals surface area contributed by atoms with Gasteiger partial charge in [-0.1, -0.05) is 22.5 Å². The van der Waals surface area contributed by atoms with Crippen molar-refractivity contribution in [3.63, 3.8) is 0 Å². The Hall–Kier alpha value is -3.13. The number of esters is 1. The average Bonchev–Trinajstić information content (AvgIpc) is 3.03. The molecule has 0 saturated heterocycles. The van der Waals surface area contributed by atoms with E-state index in [0.29, 0.717) is 27.3 Å². The molecule has 2 aromatic carbocycles. The van der Waals surface area contributed by atoms with Crippen LogP contribution in [-0.4, -0.2) is 40.2 Å². The van der Waals surface area contributed by atoms with Crippen molar-refractivity contribution in [1.82, 2.24) is 15.2 Å². The van der Waals surface area contributed by atoms with Gasteiger partial charge in [-0.2, -0.15) is 0 Å². The van der Waals surface area contributed by atoms with Crippen molar-refractivity contribution in [2.45, 2.75) is 13.0 Å². The first-order valence-corrected chi connectivity index (χ1v) is 8.03. The number of amides is 1. The molecule has 134 valence electrons. The van der Waals surface area contributed by atoms with Gasteiger partial charge in [0.2, 0.25) is 6.10 Å². The number of carbonyl (C=O) groups is 2. The van der Waals surface area contributed by atoms with Crippen LogP contribution < -0.4 is 10.2 Å². The molecule has 0 fully saturated rings. The molecule has 1 atom stereocenters. The van der Waals surface area contributed by atoms with Crippen molar-refractivity contribution in [2.75, 3.05) is 12.4 Å². The Balaban J connectivity index is 1.77. The van der Waals surface area contributed by atoms with E-state index in [0.717, 1.165) is 4.85 Å². The van der Waals surface area contributed by atoms with E-state index in [1.807, 2.05) is 0 Å². The Morgan fingerprint density at radius 3 is 2.77 bits per heavy atom. The summed E-state index contributed by atoms with van der Waals surface area (Å²) in [7, 11) is 1.29. The normalized spacial score (nSPS) is 11.8. The van der Waals surface area contributed by atoms with Crippen LogP contribution in [-0.2, 0) is 9.53 Å². The van der Waals surface area contributed by atoms with E-state index in [1.165, 1.54) is 13.2 Å². The summed E-state index contributed by atoms with van der Waals surface area (Å²) < 4.78 is 4.69. The highest BCUT2D eigenvalue weighted by atomic mass is 35.5. The van der Waals surface area contributed by atoms with Crippen molar-refractivity contribution in [2.24, 2.45) is 0 Å². The number of rotatable bonds is 5. The fraction of sp³-hybridized carbons (Fsp3) is 0.176. The van der Waals surface area contributed by atoms with Crippen LogP contribution in [0.3, 0.4) is 0 Å². The SMILES string of the molecule is COC(=O)c1ccc2nnn(O[C@H](C)C(=O)Nc3cccc(Cl)c3)c2c1. The second-order valence-electron chi connectivity index (χ2n) is 5.40. The zero-order chi connectivity index (χ0) is 18.7. The molecular formula is C17H15ClN4O4. The number of nitrogens with zero attached hydrogens (tertiary/aromatic N) is 3. The monoisotopic (exact) mass is 374 g/mol. The van der Waals surface area contributed by atoms with Crippen LogP contribution in [0.4, 0.5) is 5.69 Å². The fourth-order valence-electron chi connectivity index (χ4n) is 2.23. The highest BCUT2D eigenvalue weighted by molar-refractivity contribution is 6.30. The fourth-order valence-corrected chi connectivity index (χ4v) is 2.42. The minimum absolute atomic E-state index is 0.322. The van der Waals surface area contributed by atoms with Gasteiger partial charge in [-0.05, 0) is 48.5 Å². The predicted octanol–water partition coefficient (Wildman–Crippen LogP) is 2.33. The number of methoxy groups -OCH3 is 1. The van der Waals surface area contributed by atoms with E-state index < -0.39 is 12.1 Å². The number of aromatic nitrogens is 3. The van der Waals surface area contributed by atoms with E-state index in [1.54, 1.807) is 43.3 Å². The standard InChI is InChI=1S/C17H15ClN4O4/c1-10(16(23)19-13-5-3-4-12(18)9-13)26-22-15-8-11(17(24)25-2)6-7-14(15)20-21-22/h3-10H,1-2H3,(H,19,23)/t10-/m1/s1. The maximum Gasteiger partial charge on any atom is 0.337 e. The smallest absolute Gasteiger partial charge is 0.337 e. The number of anilines is 1. The Kier molecular flexibility index (Phi) is 5.04. The summed E-state index contributed by atoms with van der Waals surface area (Å²) in [5, 5.41) is 11.0. The van der Waals surface area contributed by atoms with Crippen LogP contribution in [0.1, 0.15) is 17.3 Å². The number of hydrogen-bond donors (Lipinski definition) is 1. The van der Waals surface area contributed by atoms with Gasteiger partial charge in [-0.3, -0.25) is 4.79 Å². The minimum Gasteiger partial charge on any atom is -0.465 e. The van der Waals surface area contributed by atoms with Crippen LogP contribution in [0.2, 0.25) is 5.02 Å². The lowest BCUT2D eigenvalue weighted by Gasteiger charge is -2.14. The van der Waals surface area contributed by atoms with Gasteiger partial charge < -0.3 is 14.9 Å². The number of halogens is 1. The third-order valence-electron chi connectivity index (χ3n) is 3.56. The lowest BCUT2D eigenvalue weighted by Crippen LogP contribution is -2.35. The first-order chi connectivity index (χ1) is 12.5. The topological polar surface area (TPSA) is 95.3 Å². The number of fused-ring (bicyclic) bond motifs is 1. The molecule has 3 aromatic rings. The van der Waals surface area contributed by atoms with E-state index in [-0.39, 0.29) is 5.91 Å². The number of hydrogen-bond acceptors (Lipinski definition) is 6.